The maximum absolute atomic E-state index is 14.0. The first-order valence-electron chi connectivity index (χ1n) is 11.0. The Morgan fingerprint density at radius 3 is 2.41 bits per heavy atom. The molecule has 0 radical (unpaired) electrons. The summed E-state index contributed by atoms with van der Waals surface area (Å²) in [6, 6.07) is 6.89. The van der Waals surface area contributed by atoms with Gasteiger partial charge in [-0.25, -0.2) is 8.78 Å². The van der Waals surface area contributed by atoms with Crippen molar-refractivity contribution in [3.8, 4) is 0 Å². The normalized spacial score (nSPS) is 15.4. The molecule has 1 unspecified atom stereocenters. The summed E-state index contributed by atoms with van der Waals surface area (Å²) in [5.41, 5.74) is -2.26. The van der Waals surface area contributed by atoms with Crippen molar-refractivity contribution in [2.24, 2.45) is 0 Å². The third-order valence-electron chi connectivity index (χ3n) is 5.69. The zero-order valence-electron chi connectivity index (χ0n) is 19.4. The van der Waals surface area contributed by atoms with Crippen LogP contribution in [0, 0.1) is 11.6 Å². The van der Waals surface area contributed by atoms with Crippen LogP contribution < -0.4 is 10.6 Å². The predicted molar refractivity (Wildman–Crippen MR) is 127 cm³/mol. The third kappa shape index (κ3) is 5.75. The van der Waals surface area contributed by atoms with Gasteiger partial charge < -0.3 is 15.7 Å². The first kappa shape index (κ1) is 26.6. The monoisotopic (exact) mass is 538 g/mol. The van der Waals surface area contributed by atoms with Gasteiger partial charge in [0.1, 0.15) is 11.6 Å². The Hall–Kier alpha value is -3.50. The number of benzene rings is 3. The van der Waals surface area contributed by atoms with Gasteiger partial charge in [-0.3, -0.25) is 9.59 Å². The van der Waals surface area contributed by atoms with Crippen LogP contribution in [0.1, 0.15) is 62.9 Å². The largest absolute Gasteiger partial charge is 0.416 e. The van der Waals surface area contributed by atoms with Gasteiger partial charge in [0.2, 0.25) is 0 Å². The van der Waals surface area contributed by atoms with E-state index in [2.05, 4.69) is 10.6 Å². The number of carbonyl (C=O) groups excluding carboxylic acids is 2. The number of amides is 2. The molecule has 1 atom stereocenters. The molecule has 3 aromatic rings. The number of hydrogen-bond acceptors (Lipinski definition) is 3. The molecule has 0 fully saturated rings. The van der Waals surface area contributed by atoms with Gasteiger partial charge in [-0.1, -0.05) is 11.6 Å². The fourth-order valence-corrected chi connectivity index (χ4v) is 4.47. The molecule has 3 aromatic carbocycles. The number of anilines is 1. The fraction of sp³-hybridized carbons (Fsp3) is 0.231. The molecule has 0 saturated heterocycles. The van der Waals surface area contributed by atoms with E-state index in [0.717, 1.165) is 12.1 Å². The van der Waals surface area contributed by atoms with Crippen molar-refractivity contribution in [3.05, 3.63) is 98.6 Å². The summed E-state index contributed by atoms with van der Waals surface area (Å²) in [4.78, 5) is 25.9. The van der Waals surface area contributed by atoms with Crippen molar-refractivity contribution in [1.29, 1.82) is 0 Å². The lowest BCUT2D eigenvalue weighted by molar-refractivity contribution is -0.137. The highest BCUT2D eigenvalue weighted by molar-refractivity contribution is 6.31. The van der Waals surface area contributed by atoms with E-state index in [1.165, 1.54) is 32.0 Å². The summed E-state index contributed by atoms with van der Waals surface area (Å²) >= 11 is 6.25. The number of nitrogens with one attached hydrogen (secondary N) is 2. The molecule has 0 saturated carbocycles. The third-order valence-corrected chi connectivity index (χ3v) is 6.03. The van der Waals surface area contributed by atoms with E-state index >= 15 is 0 Å². The number of aliphatic hydroxyl groups is 1. The van der Waals surface area contributed by atoms with Crippen molar-refractivity contribution < 1.29 is 36.6 Å². The van der Waals surface area contributed by atoms with Crippen molar-refractivity contribution in [3.63, 3.8) is 0 Å². The summed E-state index contributed by atoms with van der Waals surface area (Å²) in [6.45, 7) is 3.05. The Morgan fingerprint density at radius 1 is 1.05 bits per heavy atom. The number of halogens is 6. The molecular formula is C26H20ClF5N2O3. The maximum atomic E-state index is 14.0. The fourth-order valence-electron chi connectivity index (χ4n) is 4.25. The van der Waals surface area contributed by atoms with Crippen LogP contribution in [0.4, 0.5) is 27.6 Å². The minimum absolute atomic E-state index is 0.00301. The summed E-state index contributed by atoms with van der Waals surface area (Å²) in [6.07, 6.45) is -4.83. The van der Waals surface area contributed by atoms with Gasteiger partial charge in [0.05, 0.1) is 17.2 Å². The van der Waals surface area contributed by atoms with Crippen LogP contribution in [0.15, 0.2) is 48.5 Å². The smallest absolute Gasteiger partial charge is 0.390 e. The molecule has 1 heterocycles. The van der Waals surface area contributed by atoms with E-state index in [1.54, 1.807) is 0 Å². The second-order valence-electron chi connectivity index (χ2n) is 9.35. The topological polar surface area (TPSA) is 78.4 Å². The second kappa shape index (κ2) is 9.42. The van der Waals surface area contributed by atoms with Crippen molar-refractivity contribution in [2.75, 3.05) is 5.32 Å². The Morgan fingerprint density at radius 2 is 1.76 bits per heavy atom. The lowest BCUT2D eigenvalue weighted by Gasteiger charge is -2.21. The zero-order chi connectivity index (χ0) is 27.3. The average molecular weight is 539 g/mol. The Bertz CT molecular complexity index is 1420. The molecular weight excluding hydrogens is 519 g/mol. The van der Waals surface area contributed by atoms with Gasteiger partial charge in [-0.2, -0.15) is 13.2 Å². The summed E-state index contributed by atoms with van der Waals surface area (Å²) in [5, 5.41) is 15.5. The number of rotatable bonds is 5. The minimum Gasteiger partial charge on any atom is -0.390 e. The Kier molecular flexibility index (Phi) is 6.76. The zero-order valence-corrected chi connectivity index (χ0v) is 20.2. The number of hydrogen-bond donors (Lipinski definition) is 3. The second-order valence-corrected chi connectivity index (χ2v) is 9.75. The number of fused-ring (bicyclic) bond motifs is 1. The molecule has 1 aliphatic heterocycles. The van der Waals surface area contributed by atoms with Gasteiger partial charge in [-0.05, 0) is 67.9 Å². The van der Waals surface area contributed by atoms with E-state index < -0.39 is 52.4 Å². The molecule has 2 amide bonds. The van der Waals surface area contributed by atoms with Crippen molar-refractivity contribution >= 4 is 29.1 Å². The molecule has 3 N–H and O–H groups in total. The average Bonchev–Trinajstić information content (AvgIpc) is 3.09. The summed E-state index contributed by atoms with van der Waals surface area (Å²) < 4.78 is 67.5. The number of carbonyl (C=O) groups is 2. The molecule has 1 aliphatic rings. The van der Waals surface area contributed by atoms with Gasteiger partial charge in [0.15, 0.2) is 0 Å². The van der Waals surface area contributed by atoms with Crippen molar-refractivity contribution in [1.82, 2.24) is 5.32 Å². The first-order valence-corrected chi connectivity index (χ1v) is 11.3. The molecule has 11 heteroatoms. The van der Waals surface area contributed by atoms with E-state index in [-0.39, 0.29) is 39.9 Å². The Balaban J connectivity index is 1.84. The highest BCUT2D eigenvalue weighted by Gasteiger charge is 2.36. The quantitative estimate of drug-likeness (QED) is 0.347. The lowest BCUT2D eigenvalue weighted by atomic mass is 9.91. The van der Waals surface area contributed by atoms with Crippen LogP contribution in [-0.2, 0) is 12.6 Å². The summed E-state index contributed by atoms with van der Waals surface area (Å²) in [7, 11) is 0. The maximum Gasteiger partial charge on any atom is 0.416 e. The van der Waals surface area contributed by atoms with Crippen molar-refractivity contribution in [2.45, 2.75) is 38.1 Å². The number of alkyl halides is 3. The van der Waals surface area contributed by atoms with E-state index in [9.17, 15) is 36.6 Å². The van der Waals surface area contributed by atoms with Gasteiger partial charge in [0, 0.05) is 39.4 Å². The van der Waals surface area contributed by atoms with Crippen LogP contribution in [0.5, 0.6) is 0 Å². The van der Waals surface area contributed by atoms with Crippen LogP contribution in [0.3, 0.4) is 0 Å². The minimum atomic E-state index is -4.89. The SMILES string of the molecule is CC(C)(O)Cc1cc(NC(=O)c2cc(F)cc(C(F)(F)F)c2)c2c(c1)C(=O)NC2c1cc(F)ccc1Cl. The standard InChI is InChI=1S/C26H20ClF5N2O3/c1-25(2,37)11-12-5-18-21(22(34-24(18)36)17-10-15(28)3-4-19(17)27)20(6-12)33-23(35)13-7-14(26(30,31)32)9-16(29)8-13/h3-10,22,37H,11H2,1-2H3,(H,33,35)(H,34,36). The lowest BCUT2D eigenvalue weighted by Crippen LogP contribution is -2.22. The molecule has 0 bridgehead atoms. The molecule has 5 nitrogen and oxygen atoms in total. The molecule has 0 aromatic heterocycles. The van der Waals surface area contributed by atoms with Gasteiger partial charge in [-0.15, -0.1) is 0 Å². The predicted octanol–water partition coefficient (Wildman–Crippen LogP) is 6.04. The molecule has 4 rings (SSSR count). The van der Waals surface area contributed by atoms with Crippen LogP contribution in [0.25, 0.3) is 0 Å². The van der Waals surface area contributed by atoms with Gasteiger partial charge in [0.25, 0.3) is 11.8 Å². The van der Waals surface area contributed by atoms with Gasteiger partial charge >= 0.3 is 6.18 Å². The molecule has 0 spiro atoms. The van der Waals surface area contributed by atoms with E-state index in [0.29, 0.717) is 17.7 Å². The molecule has 194 valence electrons. The van der Waals surface area contributed by atoms with E-state index in [1.807, 2.05) is 0 Å². The summed E-state index contributed by atoms with van der Waals surface area (Å²) in [5.74, 6) is -3.54. The highest BCUT2D eigenvalue weighted by atomic mass is 35.5. The van der Waals surface area contributed by atoms with Crippen LogP contribution >= 0.6 is 11.6 Å². The first-order chi connectivity index (χ1) is 17.1. The Labute approximate surface area is 213 Å². The molecule has 0 aliphatic carbocycles. The highest BCUT2D eigenvalue weighted by Crippen LogP contribution is 2.41. The van der Waals surface area contributed by atoms with Crippen LogP contribution in [0.2, 0.25) is 5.02 Å². The molecule has 37 heavy (non-hydrogen) atoms. The van der Waals surface area contributed by atoms with Crippen LogP contribution in [-0.4, -0.2) is 22.5 Å². The van der Waals surface area contributed by atoms with E-state index in [4.69, 9.17) is 11.6 Å².